The van der Waals surface area contributed by atoms with Crippen LogP contribution < -0.4 is 116 Å². The maximum Gasteiger partial charge on any atom is 3.00 e. The Morgan fingerprint density at radius 2 is 0.297 bits per heavy atom. The SMILES string of the molecule is CCOc1cc(C(=O)[O-])cc(OCC)c1OCC.CCOc1cc(C(=O)[O-])cc(OCC)c1OCC.CCOc1cc(C(=O)[O-])cc(OCC)c1OCC.CCOc1cc(C(=O)[O-])cc(OCC)c1OCC.CCOc1cc(C(=O)[O-])cc(OCC)c1OCC.CCOc1cc(C(=O)[O-])cc(OCC)c1OCC.[La+3].[La+3].c1cnc2c(c1)ccc1cccnc12.c1cnc2c(c1)ccc1cccnc12. The van der Waals surface area contributed by atoms with E-state index in [4.69, 9.17) is 85.3 Å². The van der Waals surface area contributed by atoms with E-state index in [9.17, 15) is 59.4 Å². The Labute approximate surface area is 859 Å². The second kappa shape index (κ2) is 65.7. The number of carbonyl (C=O) groups is 6. The number of carboxylic acid groups (broad SMARTS) is 6. The smallest absolute Gasteiger partial charge is 0.545 e. The topological polar surface area (TPSA) is 458 Å². The van der Waals surface area contributed by atoms with Gasteiger partial charge in [0.05, 0.1) is 177 Å². The molecule has 4 aromatic heterocycles. The number of aromatic carboxylic acids is 6. The molecular formula is C102H118La2N4O30. The van der Waals surface area contributed by atoms with Gasteiger partial charge in [0, 0.05) is 79.7 Å². The molecule has 0 aliphatic heterocycles. The molecule has 0 amide bonds. The van der Waals surface area contributed by atoms with Gasteiger partial charge in [-0.15, -0.1) is 0 Å². The van der Waals surface area contributed by atoms with Gasteiger partial charge in [0.25, 0.3) is 0 Å². The Hall–Kier alpha value is -13.0. The predicted molar refractivity (Wildman–Crippen MR) is 500 cm³/mol. The molecule has 12 rings (SSSR count). The van der Waals surface area contributed by atoms with Gasteiger partial charge in [0.15, 0.2) is 69.0 Å². The number of carbonyl (C=O) groups excluding carboxylic acids is 6. The van der Waals surface area contributed by atoms with E-state index in [1.165, 1.54) is 72.8 Å². The number of carboxylic acids is 6. The van der Waals surface area contributed by atoms with Crippen LogP contribution in [-0.2, 0) is 0 Å². The molecule has 4 heterocycles. The molecule has 0 fully saturated rings. The minimum Gasteiger partial charge on any atom is -0.545 e. The van der Waals surface area contributed by atoms with E-state index < -0.39 is 35.8 Å². The summed E-state index contributed by atoms with van der Waals surface area (Å²) < 4.78 is 97.1. The summed E-state index contributed by atoms with van der Waals surface area (Å²) in [6.07, 6.45) is 7.21. The number of hydrogen-bond donors (Lipinski definition) is 0. The molecule has 0 unspecified atom stereocenters. The van der Waals surface area contributed by atoms with Crippen molar-refractivity contribution in [2.24, 2.45) is 0 Å². The molecular weight excluding hydrogens is 2040 g/mol. The third-order valence-electron chi connectivity index (χ3n) is 17.6. The molecule has 34 nitrogen and oxygen atoms in total. The van der Waals surface area contributed by atoms with Crippen LogP contribution >= 0.6 is 0 Å². The van der Waals surface area contributed by atoms with Gasteiger partial charge in [-0.3, -0.25) is 19.9 Å². The summed E-state index contributed by atoms with van der Waals surface area (Å²) in [4.78, 5) is 82.9. The van der Waals surface area contributed by atoms with Gasteiger partial charge in [-0.05, 0) is 222 Å². The number of nitrogens with zero attached hydrogens (tertiary/aromatic N) is 4. The van der Waals surface area contributed by atoms with E-state index in [0.29, 0.717) is 222 Å². The minimum absolute atomic E-state index is 0. The van der Waals surface area contributed by atoms with Gasteiger partial charge >= 0.3 is 71.2 Å². The van der Waals surface area contributed by atoms with E-state index in [1.807, 2.05) is 149 Å². The number of ether oxygens (including phenoxy) is 18. The van der Waals surface area contributed by atoms with Crippen LogP contribution in [-0.4, -0.2) is 175 Å². The van der Waals surface area contributed by atoms with Crippen LogP contribution in [0.3, 0.4) is 0 Å². The Morgan fingerprint density at radius 1 is 0.188 bits per heavy atom. The van der Waals surface area contributed by atoms with Crippen molar-refractivity contribution in [3.05, 3.63) is 204 Å². The van der Waals surface area contributed by atoms with E-state index in [0.717, 1.165) is 43.6 Å². The monoisotopic (exact) mass is 2160 g/mol. The minimum atomic E-state index is -1.28. The first-order valence-corrected chi connectivity index (χ1v) is 44.5. The standard InChI is InChI=1S/6C13H18O5.2C12H8N2.2La/c6*1-4-16-10-7-9(13(14)15)8-11(17-5-2)12(10)18-6-3;2*1-3-9-5-6-10-4-2-8-14-12(10)11(9)13-7-1;;/h6*7-8H,4-6H2,1-3H3,(H,14,15);2*1-8H;;/q;;;;;;;;2*+3/p-6. The fourth-order valence-electron chi connectivity index (χ4n) is 12.4. The molecule has 138 heavy (non-hydrogen) atoms. The van der Waals surface area contributed by atoms with Gasteiger partial charge in [-0.2, -0.15) is 0 Å². The fourth-order valence-corrected chi connectivity index (χ4v) is 12.4. The largest absolute Gasteiger partial charge is 3.00 e. The number of hydrogen-bond acceptors (Lipinski definition) is 34. The summed E-state index contributed by atoms with van der Waals surface area (Å²) in [5.41, 5.74) is 3.94. The summed E-state index contributed by atoms with van der Waals surface area (Å²) >= 11 is 0. The van der Waals surface area contributed by atoms with Crippen LogP contribution in [0.25, 0.3) is 43.6 Å². The Balaban J connectivity index is 0.000000405. The first-order valence-electron chi connectivity index (χ1n) is 44.5. The average molecular weight is 2160 g/mol. The van der Waals surface area contributed by atoms with Gasteiger partial charge in [0.1, 0.15) is 0 Å². The number of pyridine rings is 4. The zero-order valence-corrected chi connectivity index (χ0v) is 88.3. The second-order valence-electron chi connectivity index (χ2n) is 26.8. The molecule has 0 saturated carbocycles. The van der Waals surface area contributed by atoms with Crippen molar-refractivity contribution < 1.29 is 216 Å². The van der Waals surface area contributed by atoms with Crippen LogP contribution in [0.2, 0.25) is 0 Å². The van der Waals surface area contributed by atoms with Crippen molar-refractivity contribution in [1.82, 2.24) is 19.9 Å². The van der Waals surface area contributed by atoms with Crippen molar-refractivity contribution >= 4 is 79.4 Å². The zero-order chi connectivity index (χ0) is 100. The second-order valence-corrected chi connectivity index (χ2v) is 26.8. The molecule has 0 bridgehead atoms. The molecule has 0 saturated heterocycles. The summed E-state index contributed by atoms with van der Waals surface area (Å²) in [5, 5.41) is 70.1. The van der Waals surface area contributed by atoms with Gasteiger partial charge < -0.3 is 145 Å². The van der Waals surface area contributed by atoms with E-state index in [1.54, 1.807) is 24.8 Å². The van der Waals surface area contributed by atoms with Gasteiger partial charge in [-0.25, -0.2) is 0 Å². The molecule has 0 spiro atoms. The maximum atomic E-state index is 10.9. The van der Waals surface area contributed by atoms with E-state index in [2.05, 4.69) is 68.5 Å². The normalized spacial score (nSPS) is 9.99. The number of rotatable bonds is 42. The van der Waals surface area contributed by atoms with Crippen molar-refractivity contribution in [3.8, 4) is 103 Å². The number of benzene rings is 8. The zero-order valence-electron chi connectivity index (χ0n) is 81.1. The van der Waals surface area contributed by atoms with Crippen LogP contribution in [0.15, 0.2) is 170 Å². The average Bonchev–Trinajstić information content (AvgIpc) is 0.818. The summed E-state index contributed by atoms with van der Waals surface area (Å²) in [5.74, 6) is -0.916. The maximum absolute atomic E-state index is 10.9. The number of aromatic nitrogens is 4. The molecule has 36 heteroatoms. The summed E-state index contributed by atoms with van der Waals surface area (Å²) in [6.45, 7) is 40.1. The Morgan fingerprint density at radius 3 is 0.391 bits per heavy atom. The van der Waals surface area contributed by atoms with Crippen LogP contribution in [0.5, 0.6) is 103 Å². The van der Waals surface area contributed by atoms with Crippen molar-refractivity contribution in [1.29, 1.82) is 0 Å². The Kier molecular flexibility index (Phi) is 56.7. The molecule has 0 N–H and O–H groups in total. The predicted octanol–water partition coefficient (Wildman–Crippen LogP) is 13.0. The van der Waals surface area contributed by atoms with Crippen molar-refractivity contribution in [2.45, 2.75) is 125 Å². The molecule has 8 aromatic carbocycles. The molecule has 0 atom stereocenters. The molecule has 12 aromatic rings. The van der Waals surface area contributed by atoms with Gasteiger partial charge in [0.2, 0.25) is 34.5 Å². The fraction of sp³-hybridized carbons (Fsp3) is 0.353. The molecule has 732 valence electrons. The van der Waals surface area contributed by atoms with E-state index in [-0.39, 0.29) is 105 Å². The molecule has 0 radical (unpaired) electrons. The van der Waals surface area contributed by atoms with Gasteiger partial charge in [-0.1, -0.05) is 48.5 Å². The summed E-state index contributed by atoms with van der Waals surface area (Å²) in [6, 6.07) is 40.9. The van der Waals surface area contributed by atoms with E-state index >= 15 is 0 Å². The van der Waals surface area contributed by atoms with Crippen LogP contribution in [0.1, 0.15) is 187 Å². The van der Waals surface area contributed by atoms with Crippen molar-refractivity contribution in [3.63, 3.8) is 0 Å². The summed E-state index contributed by atoms with van der Waals surface area (Å²) in [7, 11) is 0. The first kappa shape index (κ1) is 119. The van der Waals surface area contributed by atoms with Crippen molar-refractivity contribution in [2.75, 3.05) is 119 Å². The quantitative estimate of drug-likeness (QED) is 0.0321. The third kappa shape index (κ3) is 36.8. The number of fused-ring (bicyclic) bond motifs is 6. The molecule has 0 aliphatic rings. The third-order valence-corrected chi connectivity index (χ3v) is 17.6. The first-order chi connectivity index (χ1) is 65.7. The van der Waals surface area contributed by atoms with Crippen LogP contribution in [0, 0.1) is 71.2 Å². The van der Waals surface area contributed by atoms with Crippen LogP contribution in [0.4, 0.5) is 0 Å². The Bertz CT molecular complexity index is 4810. The molecule has 0 aliphatic carbocycles.